The molecule has 0 amide bonds. The molecule has 3 aromatic carbocycles. The lowest BCUT2D eigenvalue weighted by molar-refractivity contribution is 0.248. The molecule has 0 spiro atoms. The normalized spacial score (nSPS) is 14.6. The monoisotopic (exact) mass is 494 g/mol. The molecule has 2 aromatic heterocycles. The second kappa shape index (κ2) is 9.37. The highest BCUT2D eigenvalue weighted by atomic mass is 16.2. The van der Waals surface area contributed by atoms with Gasteiger partial charge in [-0.3, -0.25) is 23.8 Å². The van der Waals surface area contributed by atoms with Crippen LogP contribution in [-0.2, 0) is 20.1 Å². The Morgan fingerprint density at radius 2 is 1.59 bits per heavy atom. The molecule has 1 aliphatic rings. The number of aromatic amines is 1. The molecule has 0 aliphatic carbocycles. The maximum Gasteiger partial charge on any atom is 0.329 e. The SMILES string of the molecule is Cc1ccc(CN2CCN(c3nc4c(c(=O)[nH]c(=O)n4C)n3Cc3cccc4ccccc34)CC2)cc1. The summed E-state index contributed by atoms with van der Waals surface area (Å²) in [4.78, 5) is 37.4. The Morgan fingerprint density at radius 1 is 0.865 bits per heavy atom. The molecule has 0 unspecified atom stereocenters. The van der Waals surface area contributed by atoms with E-state index >= 15 is 0 Å². The largest absolute Gasteiger partial charge is 0.340 e. The molecular formula is C29H30N6O2. The molecule has 1 fully saturated rings. The number of imidazole rings is 1. The molecule has 188 valence electrons. The summed E-state index contributed by atoms with van der Waals surface area (Å²) in [5, 5.41) is 2.29. The minimum Gasteiger partial charge on any atom is -0.340 e. The second-order valence-corrected chi connectivity index (χ2v) is 9.88. The van der Waals surface area contributed by atoms with E-state index in [1.807, 2.05) is 22.8 Å². The van der Waals surface area contributed by atoms with Crippen molar-refractivity contribution in [2.45, 2.75) is 20.0 Å². The molecular weight excluding hydrogens is 464 g/mol. The molecule has 37 heavy (non-hydrogen) atoms. The zero-order valence-corrected chi connectivity index (χ0v) is 21.1. The van der Waals surface area contributed by atoms with Gasteiger partial charge in [-0.2, -0.15) is 4.98 Å². The average Bonchev–Trinajstić information content (AvgIpc) is 3.29. The van der Waals surface area contributed by atoms with Crippen molar-refractivity contribution in [2.75, 3.05) is 31.1 Å². The Morgan fingerprint density at radius 3 is 2.38 bits per heavy atom. The molecule has 8 nitrogen and oxygen atoms in total. The van der Waals surface area contributed by atoms with E-state index in [4.69, 9.17) is 4.98 Å². The number of nitrogens with one attached hydrogen (secondary N) is 1. The van der Waals surface area contributed by atoms with Gasteiger partial charge in [0.25, 0.3) is 5.56 Å². The first kappa shape index (κ1) is 23.2. The number of H-pyrrole nitrogens is 1. The minimum absolute atomic E-state index is 0.407. The van der Waals surface area contributed by atoms with Gasteiger partial charge >= 0.3 is 5.69 Å². The highest BCUT2D eigenvalue weighted by molar-refractivity contribution is 5.86. The molecule has 8 heteroatoms. The van der Waals surface area contributed by atoms with E-state index < -0.39 is 11.2 Å². The van der Waals surface area contributed by atoms with Crippen LogP contribution in [-0.4, -0.2) is 50.2 Å². The Bertz CT molecular complexity index is 1700. The fraction of sp³-hybridized carbons (Fsp3) is 0.276. The van der Waals surface area contributed by atoms with Crippen LogP contribution in [0.15, 0.2) is 76.3 Å². The van der Waals surface area contributed by atoms with Crippen LogP contribution >= 0.6 is 0 Å². The summed E-state index contributed by atoms with van der Waals surface area (Å²) in [5.41, 5.74) is 3.65. The number of nitrogens with zero attached hydrogens (tertiary/aromatic N) is 5. The Labute approximate surface area is 214 Å². The van der Waals surface area contributed by atoms with Crippen LogP contribution in [0, 0.1) is 6.92 Å². The maximum atomic E-state index is 13.0. The number of anilines is 1. The molecule has 6 rings (SSSR count). The third-order valence-electron chi connectivity index (χ3n) is 7.38. The molecule has 0 bridgehead atoms. The maximum absolute atomic E-state index is 13.0. The molecule has 3 heterocycles. The van der Waals surface area contributed by atoms with Crippen LogP contribution in [0.5, 0.6) is 0 Å². The second-order valence-electron chi connectivity index (χ2n) is 9.88. The fourth-order valence-corrected chi connectivity index (χ4v) is 5.27. The number of aromatic nitrogens is 4. The van der Waals surface area contributed by atoms with Gasteiger partial charge in [0, 0.05) is 39.8 Å². The number of hydrogen-bond donors (Lipinski definition) is 1. The van der Waals surface area contributed by atoms with E-state index in [-0.39, 0.29) is 0 Å². The van der Waals surface area contributed by atoms with Crippen LogP contribution < -0.4 is 16.1 Å². The van der Waals surface area contributed by atoms with Crippen LogP contribution in [0.2, 0.25) is 0 Å². The summed E-state index contributed by atoms with van der Waals surface area (Å²) in [7, 11) is 1.65. The van der Waals surface area contributed by atoms with Gasteiger partial charge in [-0.1, -0.05) is 72.3 Å². The zero-order valence-electron chi connectivity index (χ0n) is 21.1. The van der Waals surface area contributed by atoms with E-state index in [0.717, 1.165) is 55.0 Å². The summed E-state index contributed by atoms with van der Waals surface area (Å²) in [5.74, 6) is 0.727. The molecule has 0 atom stereocenters. The van der Waals surface area contributed by atoms with Gasteiger partial charge in [0.05, 0.1) is 6.54 Å². The quantitative estimate of drug-likeness (QED) is 0.406. The topological polar surface area (TPSA) is 79.2 Å². The first-order chi connectivity index (χ1) is 18.0. The minimum atomic E-state index is -0.457. The Hall–Kier alpha value is -4.17. The number of aryl methyl sites for hydroxylation is 2. The number of fused-ring (bicyclic) bond motifs is 2. The van der Waals surface area contributed by atoms with Crippen molar-refractivity contribution in [3.63, 3.8) is 0 Å². The summed E-state index contributed by atoms with van der Waals surface area (Å²) < 4.78 is 3.40. The lowest BCUT2D eigenvalue weighted by atomic mass is 10.0. The van der Waals surface area contributed by atoms with Crippen LogP contribution in [0.25, 0.3) is 21.9 Å². The molecule has 1 aliphatic heterocycles. The van der Waals surface area contributed by atoms with Crippen LogP contribution in [0.3, 0.4) is 0 Å². The number of hydrogen-bond acceptors (Lipinski definition) is 5. The average molecular weight is 495 g/mol. The van der Waals surface area contributed by atoms with Gasteiger partial charge in [-0.05, 0) is 28.8 Å². The summed E-state index contributed by atoms with van der Waals surface area (Å²) >= 11 is 0. The van der Waals surface area contributed by atoms with E-state index in [1.165, 1.54) is 15.7 Å². The fourth-order valence-electron chi connectivity index (χ4n) is 5.27. The lowest BCUT2D eigenvalue weighted by Crippen LogP contribution is -2.47. The van der Waals surface area contributed by atoms with Crippen LogP contribution in [0.1, 0.15) is 16.7 Å². The molecule has 1 saturated heterocycles. The van der Waals surface area contributed by atoms with Crippen molar-refractivity contribution in [1.82, 2.24) is 24.0 Å². The number of piperazine rings is 1. The highest BCUT2D eigenvalue weighted by Crippen LogP contribution is 2.26. The van der Waals surface area contributed by atoms with Crippen molar-refractivity contribution in [3.8, 4) is 0 Å². The summed E-state index contributed by atoms with van der Waals surface area (Å²) in [6.07, 6.45) is 0. The molecule has 5 aromatic rings. The Kier molecular flexibility index (Phi) is 5.88. The Balaban J connectivity index is 1.36. The number of rotatable bonds is 5. The first-order valence-electron chi connectivity index (χ1n) is 12.7. The van der Waals surface area contributed by atoms with E-state index in [0.29, 0.717) is 17.7 Å². The van der Waals surface area contributed by atoms with Gasteiger partial charge < -0.3 is 4.90 Å². The summed E-state index contributed by atoms with van der Waals surface area (Å²) in [6, 6.07) is 23.2. The van der Waals surface area contributed by atoms with Crippen molar-refractivity contribution < 1.29 is 0 Å². The zero-order chi connectivity index (χ0) is 25.5. The number of benzene rings is 3. The predicted octanol–water partition coefficient (Wildman–Crippen LogP) is 3.26. The van der Waals surface area contributed by atoms with Crippen molar-refractivity contribution >= 4 is 27.9 Å². The smallest absolute Gasteiger partial charge is 0.329 e. The van der Waals surface area contributed by atoms with Crippen LogP contribution in [0.4, 0.5) is 5.95 Å². The van der Waals surface area contributed by atoms with Gasteiger partial charge in [0.1, 0.15) is 0 Å². The van der Waals surface area contributed by atoms with E-state index in [2.05, 4.69) is 70.2 Å². The van der Waals surface area contributed by atoms with Gasteiger partial charge in [-0.25, -0.2) is 4.79 Å². The van der Waals surface area contributed by atoms with Gasteiger partial charge in [0.2, 0.25) is 5.95 Å². The third kappa shape index (κ3) is 4.34. The molecule has 1 N–H and O–H groups in total. The molecule has 0 saturated carbocycles. The van der Waals surface area contributed by atoms with Crippen molar-refractivity contribution in [1.29, 1.82) is 0 Å². The third-order valence-corrected chi connectivity index (χ3v) is 7.38. The van der Waals surface area contributed by atoms with Gasteiger partial charge in [0.15, 0.2) is 11.2 Å². The highest BCUT2D eigenvalue weighted by Gasteiger charge is 2.25. The van der Waals surface area contributed by atoms with Gasteiger partial charge in [-0.15, -0.1) is 0 Å². The van der Waals surface area contributed by atoms with Crippen molar-refractivity contribution in [3.05, 3.63) is 104 Å². The van der Waals surface area contributed by atoms with E-state index in [1.54, 1.807) is 7.05 Å². The summed E-state index contributed by atoms with van der Waals surface area (Å²) in [6.45, 7) is 6.86. The standard InChI is InChI=1S/C29H30N6O2/c1-20-10-12-21(13-11-20)18-33-14-16-34(17-15-33)28-30-26-25(27(36)31-29(37)32(26)2)35(28)19-23-8-5-7-22-6-3-4-9-24(22)23/h3-13H,14-19H2,1-2H3,(H,31,36,37). The predicted molar refractivity (Wildman–Crippen MR) is 147 cm³/mol. The molecule has 0 radical (unpaired) electrons. The lowest BCUT2D eigenvalue weighted by Gasteiger charge is -2.35. The first-order valence-corrected chi connectivity index (χ1v) is 12.7. The van der Waals surface area contributed by atoms with Crippen molar-refractivity contribution in [2.24, 2.45) is 7.05 Å². The van der Waals surface area contributed by atoms with E-state index in [9.17, 15) is 9.59 Å².